The Morgan fingerprint density at radius 1 is 0.656 bits per heavy atom. The van der Waals surface area contributed by atoms with Crippen LogP contribution in [-0.4, -0.2) is 71.0 Å². The van der Waals surface area contributed by atoms with Crippen molar-refractivity contribution in [2.24, 2.45) is 0 Å². The lowest BCUT2D eigenvalue weighted by atomic mass is 10.2. The summed E-state index contributed by atoms with van der Waals surface area (Å²) in [5, 5.41) is 0. The van der Waals surface area contributed by atoms with Crippen LogP contribution in [0.5, 0.6) is 0 Å². The van der Waals surface area contributed by atoms with E-state index in [-0.39, 0.29) is 12.6 Å². The lowest BCUT2D eigenvalue weighted by Crippen LogP contribution is -2.27. The van der Waals surface area contributed by atoms with Gasteiger partial charge in [-0.15, -0.1) is 0 Å². The van der Waals surface area contributed by atoms with Crippen molar-refractivity contribution in [1.29, 1.82) is 0 Å². The first kappa shape index (κ1) is 28.5. The summed E-state index contributed by atoms with van der Waals surface area (Å²) in [4.78, 5) is 11.5. The molecule has 0 radical (unpaired) electrons. The summed E-state index contributed by atoms with van der Waals surface area (Å²) in [6, 6.07) is 10.1. The number of unbranched alkanes of at least 4 members (excludes halogenated alkanes) is 2. The minimum absolute atomic E-state index is 0.0401. The van der Waals surface area contributed by atoms with E-state index in [0.29, 0.717) is 39.6 Å². The number of hydrogen-bond donors (Lipinski definition) is 0. The molecule has 0 aliphatic carbocycles. The molecule has 0 atom stereocenters. The molecule has 0 aliphatic heterocycles. The molecule has 0 aliphatic rings. The highest BCUT2D eigenvalue weighted by Crippen LogP contribution is 2.06. The summed E-state index contributed by atoms with van der Waals surface area (Å²) in [7, 11) is 0. The standard InChI is InChI=1S/C25H42O7/c1-25(2,3)32-24(26)22-31-20-18-29-16-10-8-14-27-13-7-9-15-28-17-19-30-21-23-11-5-4-6-12-23/h4-6,11-12H,7-10,13-22H2,1-3H3. The van der Waals surface area contributed by atoms with Crippen molar-refractivity contribution in [3.63, 3.8) is 0 Å². The molecule has 184 valence electrons. The Balaban J connectivity index is 1.71. The summed E-state index contributed by atoms with van der Waals surface area (Å²) < 4.78 is 32.7. The van der Waals surface area contributed by atoms with E-state index in [9.17, 15) is 4.79 Å². The summed E-state index contributed by atoms with van der Waals surface area (Å²) in [6.45, 7) is 11.1. The molecular weight excluding hydrogens is 412 g/mol. The average molecular weight is 455 g/mol. The minimum Gasteiger partial charge on any atom is -0.458 e. The number of carbonyl (C=O) groups excluding carboxylic acids is 1. The van der Waals surface area contributed by atoms with Gasteiger partial charge in [-0.25, -0.2) is 4.79 Å². The predicted molar refractivity (Wildman–Crippen MR) is 124 cm³/mol. The van der Waals surface area contributed by atoms with Gasteiger partial charge in [0, 0.05) is 26.4 Å². The van der Waals surface area contributed by atoms with E-state index in [0.717, 1.165) is 45.5 Å². The van der Waals surface area contributed by atoms with Gasteiger partial charge >= 0.3 is 5.97 Å². The number of hydrogen-bond acceptors (Lipinski definition) is 7. The molecule has 7 nitrogen and oxygen atoms in total. The van der Waals surface area contributed by atoms with E-state index in [1.165, 1.54) is 5.56 Å². The minimum atomic E-state index is -0.481. The second-order valence-corrected chi connectivity index (χ2v) is 8.43. The Kier molecular flexibility index (Phi) is 16.9. The van der Waals surface area contributed by atoms with Crippen molar-refractivity contribution in [2.45, 2.75) is 58.7 Å². The van der Waals surface area contributed by atoms with Gasteiger partial charge in [0.1, 0.15) is 12.2 Å². The molecule has 0 spiro atoms. The van der Waals surface area contributed by atoms with Gasteiger partial charge in [-0.3, -0.25) is 0 Å². The molecule has 0 N–H and O–H groups in total. The Labute approximate surface area is 193 Å². The van der Waals surface area contributed by atoms with E-state index in [4.69, 9.17) is 28.4 Å². The van der Waals surface area contributed by atoms with Gasteiger partial charge in [-0.1, -0.05) is 30.3 Å². The van der Waals surface area contributed by atoms with Crippen LogP contribution in [0.25, 0.3) is 0 Å². The van der Waals surface area contributed by atoms with Gasteiger partial charge in [-0.2, -0.15) is 0 Å². The quantitative estimate of drug-likeness (QED) is 0.216. The molecule has 32 heavy (non-hydrogen) atoms. The van der Waals surface area contributed by atoms with Gasteiger partial charge < -0.3 is 28.4 Å². The molecule has 0 bridgehead atoms. The number of carbonyl (C=O) groups is 1. The SMILES string of the molecule is CC(C)(C)OC(=O)COCCOCCCCOCCCCOCCOCc1ccccc1. The largest absolute Gasteiger partial charge is 0.458 e. The van der Waals surface area contributed by atoms with E-state index < -0.39 is 5.60 Å². The van der Waals surface area contributed by atoms with Crippen LogP contribution >= 0.6 is 0 Å². The Morgan fingerprint density at radius 2 is 1.12 bits per heavy atom. The Bertz CT molecular complexity index is 557. The third-order valence-electron chi connectivity index (χ3n) is 4.15. The highest BCUT2D eigenvalue weighted by molar-refractivity contribution is 5.71. The summed E-state index contributed by atoms with van der Waals surface area (Å²) in [6.07, 6.45) is 3.90. The topological polar surface area (TPSA) is 72.5 Å². The van der Waals surface area contributed by atoms with Crippen LogP contribution in [0, 0.1) is 0 Å². The van der Waals surface area contributed by atoms with E-state index in [2.05, 4.69) is 12.1 Å². The molecular formula is C25H42O7. The highest BCUT2D eigenvalue weighted by Gasteiger charge is 2.15. The van der Waals surface area contributed by atoms with Crippen LogP contribution in [0.3, 0.4) is 0 Å². The van der Waals surface area contributed by atoms with E-state index >= 15 is 0 Å². The molecule has 0 saturated heterocycles. The second-order valence-electron chi connectivity index (χ2n) is 8.43. The zero-order chi connectivity index (χ0) is 23.3. The molecule has 0 amide bonds. The molecule has 0 unspecified atom stereocenters. The maximum absolute atomic E-state index is 11.5. The number of rotatable bonds is 20. The normalized spacial score (nSPS) is 11.6. The van der Waals surface area contributed by atoms with E-state index in [1.807, 2.05) is 39.0 Å². The summed E-state index contributed by atoms with van der Waals surface area (Å²) in [5.41, 5.74) is 0.700. The zero-order valence-electron chi connectivity index (χ0n) is 20.1. The van der Waals surface area contributed by atoms with Gasteiger partial charge in [0.05, 0.1) is 33.0 Å². The Hall–Kier alpha value is -1.51. The first-order valence-electron chi connectivity index (χ1n) is 11.6. The van der Waals surface area contributed by atoms with E-state index in [1.54, 1.807) is 0 Å². The molecule has 7 heteroatoms. The fraction of sp³-hybridized carbons (Fsp3) is 0.720. The maximum atomic E-state index is 11.5. The van der Waals surface area contributed by atoms with Crippen LogP contribution in [0.4, 0.5) is 0 Å². The van der Waals surface area contributed by atoms with Crippen molar-refractivity contribution in [2.75, 3.05) is 59.5 Å². The third kappa shape index (κ3) is 19.2. The first-order valence-corrected chi connectivity index (χ1v) is 11.6. The van der Waals surface area contributed by atoms with Gasteiger partial charge in [0.25, 0.3) is 0 Å². The van der Waals surface area contributed by atoms with Crippen molar-refractivity contribution >= 4 is 5.97 Å². The van der Waals surface area contributed by atoms with Crippen LogP contribution in [0.1, 0.15) is 52.0 Å². The number of esters is 1. The van der Waals surface area contributed by atoms with Crippen molar-refractivity contribution in [3.05, 3.63) is 35.9 Å². The maximum Gasteiger partial charge on any atom is 0.332 e. The van der Waals surface area contributed by atoms with Crippen molar-refractivity contribution < 1.29 is 33.2 Å². The van der Waals surface area contributed by atoms with Crippen LogP contribution in [-0.2, 0) is 39.8 Å². The highest BCUT2D eigenvalue weighted by atomic mass is 16.6. The van der Waals surface area contributed by atoms with Gasteiger partial charge in [0.2, 0.25) is 0 Å². The lowest BCUT2D eigenvalue weighted by Gasteiger charge is -2.19. The first-order chi connectivity index (χ1) is 15.5. The summed E-state index contributed by atoms with van der Waals surface area (Å²) in [5.74, 6) is -0.353. The fourth-order valence-corrected chi connectivity index (χ4v) is 2.65. The Morgan fingerprint density at radius 3 is 1.66 bits per heavy atom. The van der Waals surface area contributed by atoms with Crippen LogP contribution < -0.4 is 0 Å². The molecule has 0 heterocycles. The molecule has 1 aromatic carbocycles. The third-order valence-corrected chi connectivity index (χ3v) is 4.15. The lowest BCUT2D eigenvalue weighted by molar-refractivity contribution is -0.160. The number of benzene rings is 1. The van der Waals surface area contributed by atoms with Crippen LogP contribution in [0.2, 0.25) is 0 Å². The zero-order valence-corrected chi connectivity index (χ0v) is 20.1. The van der Waals surface area contributed by atoms with Crippen LogP contribution in [0.15, 0.2) is 30.3 Å². The smallest absolute Gasteiger partial charge is 0.332 e. The molecule has 0 saturated carbocycles. The fourth-order valence-electron chi connectivity index (χ4n) is 2.65. The van der Waals surface area contributed by atoms with Gasteiger partial charge in [-0.05, 0) is 52.0 Å². The molecule has 1 aromatic rings. The second kappa shape index (κ2) is 19.0. The monoisotopic (exact) mass is 454 g/mol. The molecule has 1 rings (SSSR count). The van der Waals surface area contributed by atoms with Crippen molar-refractivity contribution in [1.82, 2.24) is 0 Å². The van der Waals surface area contributed by atoms with Gasteiger partial charge in [0.15, 0.2) is 0 Å². The van der Waals surface area contributed by atoms with Crippen molar-refractivity contribution in [3.8, 4) is 0 Å². The predicted octanol–water partition coefficient (Wildman–Crippen LogP) is 4.17. The molecule has 0 fully saturated rings. The molecule has 0 aromatic heterocycles. The number of ether oxygens (including phenoxy) is 6. The average Bonchev–Trinajstić information content (AvgIpc) is 2.75. The summed E-state index contributed by atoms with van der Waals surface area (Å²) >= 11 is 0.